The third-order valence-electron chi connectivity index (χ3n) is 14.7. The average Bonchev–Trinajstić information content (AvgIpc) is 3.43. The molecule has 0 aliphatic heterocycles. The van der Waals surface area contributed by atoms with Crippen LogP contribution in [0.4, 0.5) is 0 Å². The van der Waals surface area contributed by atoms with E-state index in [9.17, 15) is 14.4 Å². The molecule has 0 aliphatic carbocycles. The number of hydrogen-bond acceptors (Lipinski definition) is 6. The first kappa shape index (κ1) is 73.8. The molecule has 0 saturated carbocycles. The summed E-state index contributed by atoms with van der Waals surface area (Å²) in [5, 5.41) is 0. The van der Waals surface area contributed by atoms with Crippen molar-refractivity contribution in [1.82, 2.24) is 0 Å². The summed E-state index contributed by atoms with van der Waals surface area (Å²) >= 11 is 0. The fraction of sp³-hybridized carbons (Fsp3) is 0.789. The Hall–Kier alpha value is -3.15. The fourth-order valence-corrected chi connectivity index (χ4v) is 9.74. The largest absolute Gasteiger partial charge is 0.462 e. The minimum Gasteiger partial charge on any atom is -0.462 e. The Morgan fingerprint density at radius 2 is 0.506 bits per heavy atom. The van der Waals surface area contributed by atoms with Crippen LogP contribution in [-0.2, 0) is 28.6 Å². The molecule has 0 aromatic carbocycles. The molecule has 0 saturated heterocycles. The van der Waals surface area contributed by atoms with Crippen LogP contribution >= 0.6 is 0 Å². The topological polar surface area (TPSA) is 78.9 Å². The van der Waals surface area contributed by atoms with Gasteiger partial charge >= 0.3 is 17.9 Å². The summed E-state index contributed by atoms with van der Waals surface area (Å²) in [6.07, 6.45) is 84.8. The molecule has 77 heavy (non-hydrogen) atoms. The normalized spacial score (nSPS) is 12.5. The summed E-state index contributed by atoms with van der Waals surface area (Å²) in [6, 6.07) is 0. The van der Waals surface area contributed by atoms with Gasteiger partial charge in [0.15, 0.2) is 6.10 Å². The molecular weight excluding hydrogens is 949 g/mol. The van der Waals surface area contributed by atoms with Crippen molar-refractivity contribution in [2.24, 2.45) is 0 Å². The highest BCUT2D eigenvalue weighted by molar-refractivity contribution is 5.71. The molecule has 1 atom stereocenters. The maximum Gasteiger partial charge on any atom is 0.306 e. The van der Waals surface area contributed by atoms with E-state index in [1.807, 2.05) is 0 Å². The summed E-state index contributed by atoms with van der Waals surface area (Å²) in [5.74, 6) is -0.870. The van der Waals surface area contributed by atoms with Crippen molar-refractivity contribution in [3.63, 3.8) is 0 Å². The van der Waals surface area contributed by atoms with Gasteiger partial charge in [0.25, 0.3) is 0 Å². The van der Waals surface area contributed by atoms with Gasteiger partial charge in [0.1, 0.15) is 13.2 Å². The lowest BCUT2D eigenvalue weighted by Gasteiger charge is -2.18. The second-order valence-electron chi connectivity index (χ2n) is 22.4. The summed E-state index contributed by atoms with van der Waals surface area (Å²) in [4.78, 5) is 38.4. The van der Waals surface area contributed by atoms with E-state index in [0.29, 0.717) is 19.3 Å². The Balaban J connectivity index is 4.32. The third-order valence-corrected chi connectivity index (χ3v) is 14.7. The van der Waals surface area contributed by atoms with Gasteiger partial charge < -0.3 is 14.2 Å². The van der Waals surface area contributed by atoms with Gasteiger partial charge in [0, 0.05) is 19.3 Å². The van der Waals surface area contributed by atoms with Gasteiger partial charge in [-0.2, -0.15) is 0 Å². The lowest BCUT2D eigenvalue weighted by molar-refractivity contribution is -0.167. The van der Waals surface area contributed by atoms with Crippen molar-refractivity contribution in [3.05, 3.63) is 72.9 Å². The van der Waals surface area contributed by atoms with Crippen molar-refractivity contribution < 1.29 is 28.6 Å². The molecule has 0 rings (SSSR count). The predicted octanol–water partition coefficient (Wildman–Crippen LogP) is 22.9. The average molecular weight is 1080 g/mol. The van der Waals surface area contributed by atoms with Crippen LogP contribution in [0.1, 0.15) is 342 Å². The van der Waals surface area contributed by atoms with Gasteiger partial charge in [0.05, 0.1) is 0 Å². The molecular formula is C71H126O6. The van der Waals surface area contributed by atoms with Crippen molar-refractivity contribution in [3.8, 4) is 0 Å². The first-order valence-electron chi connectivity index (χ1n) is 33.4. The number of rotatable bonds is 61. The first-order valence-corrected chi connectivity index (χ1v) is 33.4. The minimum absolute atomic E-state index is 0.0752. The van der Waals surface area contributed by atoms with Crippen LogP contribution < -0.4 is 0 Å². The zero-order valence-electron chi connectivity index (χ0n) is 51.2. The summed E-state index contributed by atoms with van der Waals surface area (Å²) in [6.45, 7) is 6.57. The molecule has 0 aromatic rings. The number of hydrogen-bond donors (Lipinski definition) is 0. The Bertz CT molecular complexity index is 1420. The Kier molecular flexibility index (Phi) is 62.7. The third kappa shape index (κ3) is 63.6. The van der Waals surface area contributed by atoms with Crippen molar-refractivity contribution >= 4 is 17.9 Å². The lowest BCUT2D eigenvalue weighted by Crippen LogP contribution is -2.30. The smallest absolute Gasteiger partial charge is 0.306 e. The molecule has 0 radical (unpaired) electrons. The van der Waals surface area contributed by atoms with Crippen molar-refractivity contribution in [1.29, 1.82) is 0 Å². The second kappa shape index (κ2) is 65.4. The number of allylic oxidation sites excluding steroid dienone is 12. The molecule has 0 aliphatic rings. The van der Waals surface area contributed by atoms with E-state index in [-0.39, 0.29) is 31.1 Å². The Morgan fingerprint density at radius 1 is 0.273 bits per heavy atom. The van der Waals surface area contributed by atoms with Crippen molar-refractivity contribution in [2.75, 3.05) is 13.2 Å². The quantitative estimate of drug-likeness (QED) is 0.0261. The number of carbonyl (C=O) groups is 3. The van der Waals surface area contributed by atoms with Crippen LogP contribution in [0, 0.1) is 0 Å². The molecule has 6 heteroatoms. The molecule has 0 heterocycles. The minimum atomic E-state index is -0.780. The van der Waals surface area contributed by atoms with Crippen LogP contribution in [0.2, 0.25) is 0 Å². The molecule has 0 bridgehead atoms. The van der Waals surface area contributed by atoms with Crippen LogP contribution in [0.25, 0.3) is 0 Å². The monoisotopic (exact) mass is 1070 g/mol. The second-order valence-corrected chi connectivity index (χ2v) is 22.4. The fourth-order valence-electron chi connectivity index (χ4n) is 9.74. The Morgan fingerprint density at radius 3 is 0.792 bits per heavy atom. The van der Waals surface area contributed by atoms with Crippen LogP contribution in [0.5, 0.6) is 0 Å². The van der Waals surface area contributed by atoms with E-state index in [4.69, 9.17) is 14.2 Å². The van der Waals surface area contributed by atoms with Gasteiger partial charge in [-0.3, -0.25) is 14.4 Å². The van der Waals surface area contributed by atoms with Crippen molar-refractivity contribution in [2.45, 2.75) is 348 Å². The lowest BCUT2D eigenvalue weighted by atomic mass is 10.0. The van der Waals surface area contributed by atoms with E-state index in [0.717, 1.165) is 103 Å². The van der Waals surface area contributed by atoms with Gasteiger partial charge in [-0.15, -0.1) is 0 Å². The Labute approximate surface area is 478 Å². The van der Waals surface area contributed by atoms with E-state index >= 15 is 0 Å². The highest BCUT2D eigenvalue weighted by Gasteiger charge is 2.19. The highest BCUT2D eigenvalue weighted by Crippen LogP contribution is 2.18. The summed E-state index contributed by atoms with van der Waals surface area (Å²) in [7, 11) is 0. The first-order chi connectivity index (χ1) is 38.0. The molecule has 1 unspecified atom stereocenters. The van der Waals surface area contributed by atoms with Gasteiger partial charge in [-0.25, -0.2) is 0 Å². The highest BCUT2D eigenvalue weighted by atomic mass is 16.6. The molecule has 446 valence electrons. The molecule has 0 N–H and O–H groups in total. The zero-order valence-corrected chi connectivity index (χ0v) is 51.2. The van der Waals surface area contributed by atoms with Crippen LogP contribution in [0.15, 0.2) is 72.9 Å². The molecule has 0 aromatic heterocycles. The standard InChI is InChI=1S/C71H126O6/c1-4-7-10-13-16-19-22-25-27-29-31-33-34-35-36-38-39-41-43-46-49-52-55-58-61-64-70(73)76-67-68(66-75-69(72)63-60-57-54-51-48-45-24-21-18-15-12-9-6-3)77-71(74)65-62-59-56-53-50-47-44-42-40-37-32-30-28-26-23-20-17-14-11-8-5-2/h7,10,16,19,25,27,31,33,35-36,39,41,68H,4-6,8-9,11-15,17-18,20-24,26,28-30,32,34,37-38,40,42-67H2,1-3H3/b10-7-,19-16-,27-25-,33-31-,36-35-,41-39-. The SMILES string of the molecule is CC/C=C\C/C=C\C/C=C\C/C=C\C/C=C\C/C=C\CCCCCCCCC(=O)OCC(COC(=O)CCCCCCCCCCCCCCC)OC(=O)CCCCCCCCCCCCCCCCCCCCCCC. The molecule has 0 amide bonds. The maximum atomic E-state index is 12.9. The maximum absolute atomic E-state index is 12.9. The number of ether oxygens (including phenoxy) is 3. The van der Waals surface area contributed by atoms with Crippen LogP contribution in [-0.4, -0.2) is 37.2 Å². The van der Waals surface area contributed by atoms with E-state index in [2.05, 4.69) is 93.7 Å². The molecule has 6 nitrogen and oxygen atoms in total. The number of unbranched alkanes of at least 4 members (excludes halogenated alkanes) is 38. The number of carbonyl (C=O) groups excluding carboxylic acids is 3. The molecule has 0 spiro atoms. The zero-order chi connectivity index (χ0) is 55.7. The summed E-state index contributed by atoms with van der Waals surface area (Å²) < 4.78 is 17.0. The van der Waals surface area contributed by atoms with E-state index in [1.54, 1.807) is 0 Å². The number of esters is 3. The predicted molar refractivity (Wildman–Crippen MR) is 335 cm³/mol. The van der Waals surface area contributed by atoms with Gasteiger partial charge in [-0.05, 0) is 70.6 Å². The van der Waals surface area contributed by atoms with Gasteiger partial charge in [-0.1, -0.05) is 325 Å². The summed E-state index contributed by atoms with van der Waals surface area (Å²) in [5.41, 5.74) is 0. The molecule has 0 fully saturated rings. The van der Waals surface area contributed by atoms with Crippen LogP contribution in [0.3, 0.4) is 0 Å². The van der Waals surface area contributed by atoms with Gasteiger partial charge in [0.2, 0.25) is 0 Å². The van der Waals surface area contributed by atoms with E-state index < -0.39 is 6.10 Å². The van der Waals surface area contributed by atoms with E-state index in [1.165, 1.54) is 199 Å².